The molecular formula is C26H44O10. The Hall–Kier alpha value is -2.20. The van der Waals surface area contributed by atoms with Gasteiger partial charge in [-0.2, -0.15) is 0 Å². The number of carbonyl (C=O) groups is 4. The van der Waals surface area contributed by atoms with Crippen LogP contribution < -0.4 is 0 Å². The smallest absolute Gasteiger partial charge is 0.313 e. The lowest BCUT2D eigenvalue weighted by Gasteiger charge is -2.44. The van der Waals surface area contributed by atoms with Crippen molar-refractivity contribution >= 4 is 23.9 Å². The summed E-state index contributed by atoms with van der Waals surface area (Å²) in [6.07, 6.45) is -7.28. The molecule has 1 saturated heterocycles. The van der Waals surface area contributed by atoms with E-state index in [0.29, 0.717) is 0 Å². The molecule has 208 valence electrons. The minimum absolute atomic E-state index is 0.412. The summed E-state index contributed by atoms with van der Waals surface area (Å²) in [5, 5.41) is 11.1. The normalized spacial score (nSPS) is 25.5. The van der Waals surface area contributed by atoms with Crippen LogP contribution in [0.25, 0.3) is 0 Å². The van der Waals surface area contributed by atoms with Gasteiger partial charge in [-0.3, -0.25) is 19.2 Å². The third kappa shape index (κ3) is 8.73. The first-order valence-electron chi connectivity index (χ1n) is 12.1. The Labute approximate surface area is 214 Å². The lowest BCUT2D eigenvalue weighted by molar-refractivity contribution is -0.303. The topological polar surface area (TPSA) is 135 Å². The summed E-state index contributed by atoms with van der Waals surface area (Å²) in [5.74, 6) is -2.59. The Morgan fingerprint density at radius 2 is 0.972 bits per heavy atom. The van der Waals surface area contributed by atoms with Gasteiger partial charge in [-0.25, -0.2) is 0 Å². The summed E-state index contributed by atoms with van der Waals surface area (Å²) >= 11 is 0. The van der Waals surface area contributed by atoms with Gasteiger partial charge in [0.25, 0.3) is 0 Å². The number of rotatable bonds is 5. The van der Waals surface area contributed by atoms with Gasteiger partial charge in [0.05, 0.1) is 21.7 Å². The van der Waals surface area contributed by atoms with Gasteiger partial charge in [0.1, 0.15) is 18.8 Å². The molecule has 0 unspecified atom stereocenters. The van der Waals surface area contributed by atoms with E-state index in [1.165, 1.54) is 0 Å². The SMILES string of the molecule is CC(C)(C)C(=O)OC[C@H]1O[C@H](OC(=O)C(C)(C)C)[C@@H](OC(=O)C(C)(C)C)[C@@H](OC(=O)C(C)(C)C)[C@@H]1O. The maximum absolute atomic E-state index is 12.8. The third-order valence-corrected chi connectivity index (χ3v) is 5.16. The van der Waals surface area contributed by atoms with E-state index in [9.17, 15) is 24.3 Å². The zero-order valence-corrected chi connectivity index (χ0v) is 23.7. The summed E-state index contributed by atoms with van der Waals surface area (Å²) in [6, 6.07) is 0. The van der Waals surface area contributed by atoms with Gasteiger partial charge < -0.3 is 28.8 Å². The molecule has 0 saturated carbocycles. The van der Waals surface area contributed by atoms with E-state index in [0.717, 1.165) is 0 Å². The van der Waals surface area contributed by atoms with E-state index >= 15 is 0 Å². The summed E-state index contributed by atoms with van der Waals surface area (Å²) < 4.78 is 27.9. The van der Waals surface area contributed by atoms with Crippen molar-refractivity contribution in [2.45, 2.75) is 114 Å². The molecule has 36 heavy (non-hydrogen) atoms. The fraction of sp³-hybridized carbons (Fsp3) is 0.846. The highest BCUT2D eigenvalue weighted by Crippen LogP contribution is 2.33. The molecule has 0 amide bonds. The zero-order valence-electron chi connectivity index (χ0n) is 23.7. The van der Waals surface area contributed by atoms with Crippen molar-refractivity contribution in [3.8, 4) is 0 Å². The molecule has 10 heteroatoms. The van der Waals surface area contributed by atoms with Gasteiger partial charge >= 0.3 is 23.9 Å². The zero-order chi connectivity index (χ0) is 28.4. The molecule has 0 aromatic carbocycles. The molecule has 10 nitrogen and oxygen atoms in total. The molecule has 1 N–H and O–H groups in total. The predicted molar refractivity (Wildman–Crippen MR) is 129 cm³/mol. The van der Waals surface area contributed by atoms with Crippen LogP contribution in [0.1, 0.15) is 83.1 Å². The van der Waals surface area contributed by atoms with Crippen LogP contribution in [0.4, 0.5) is 0 Å². The van der Waals surface area contributed by atoms with Crippen LogP contribution in [-0.2, 0) is 42.9 Å². The molecule has 0 radical (unpaired) electrons. The molecule has 0 spiro atoms. The van der Waals surface area contributed by atoms with Crippen molar-refractivity contribution in [3.05, 3.63) is 0 Å². The maximum atomic E-state index is 12.8. The Morgan fingerprint density at radius 1 is 0.611 bits per heavy atom. The van der Waals surface area contributed by atoms with Crippen LogP contribution in [0, 0.1) is 21.7 Å². The van der Waals surface area contributed by atoms with Gasteiger partial charge in [-0.1, -0.05) is 0 Å². The first-order valence-corrected chi connectivity index (χ1v) is 12.1. The summed E-state index contributed by atoms with van der Waals surface area (Å²) in [5.41, 5.74) is -3.67. The molecule has 5 atom stereocenters. The van der Waals surface area contributed by atoms with E-state index < -0.39 is 82.8 Å². The highest BCUT2D eigenvalue weighted by atomic mass is 16.7. The Kier molecular flexibility index (Phi) is 9.77. The van der Waals surface area contributed by atoms with Crippen LogP contribution >= 0.6 is 0 Å². The van der Waals surface area contributed by atoms with E-state index in [1.54, 1.807) is 83.1 Å². The van der Waals surface area contributed by atoms with Crippen LogP contribution in [0.15, 0.2) is 0 Å². The molecule has 0 aromatic heterocycles. The van der Waals surface area contributed by atoms with Crippen LogP contribution in [0.5, 0.6) is 0 Å². The Bertz CT molecular complexity index is 820. The summed E-state index contributed by atoms with van der Waals surface area (Å²) in [4.78, 5) is 50.6. The third-order valence-electron chi connectivity index (χ3n) is 5.16. The van der Waals surface area contributed by atoms with E-state index in [1.807, 2.05) is 0 Å². The number of aliphatic hydroxyl groups excluding tert-OH is 1. The second kappa shape index (κ2) is 11.0. The Balaban J connectivity index is 3.45. The van der Waals surface area contributed by atoms with Gasteiger partial charge in [0, 0.05) is 0 Å². The molecule has 1 rings (SSSR count). The average Bonchev–Trinajstić information content (AvgIpc) is 2.67. The molecule has 1 heterocycles. The maximum Gasteiger partial charge on any atom is 0.313 e. The molecule has 0 aliphatic carbocycles. The fourth-order valence-corrected chi connectivity index (χ4v) is 2.64. The molecule has 1 aliphatic heterocycles. The quantitative estimate of drug-likeness (QED) is 0.429. The second-order valence-corrected chi connectivity index (χ2v) is 13.3. The lowest BCUT2D eigenvalue weighted by Crippen LogP contribution is -2.63. The summed E-state index contributed by atoms with van der Waals surface area (Å²) in [6.45, 7) is 19.2. The number of carbonyl (C=O) groups excluding carboxylic acids is 4. The van der Waals surface area contributed by atoms with Crippen LogP contribution in [0.2, 0.25) is 0 Å². The number of hydrogen-bond donors (Lipinski definition) is 1. The van der Waals surface area contributed by atoms with E-state index in [2.05, 4.69) is 0 Å². The molecule has 1 fully saturated rings. The van der Waals surface area contributed by atoms with Crippen molar-refractivity contribution in [3.63, 3.8) is 0 Å². The minimum atomic E-state index is -1.56. The number of esters is 4. The van der Waals surface area contributed by atoms with Crippen molar-refractivity contribution in [1.82, 2.24) is 0 Å². The summed E-state index contributed by atoms with van der Waals surface area (Å²) in [7, 11) is 0. The van der Waals surface area contributed by atoms with Gasteiger partial charge in [-0.15, -0.1) is 0 Å². The lowest BCUT2D eigenvalue weighted by atomic mass is 9.93. The van der Waals surface area contributed by atoms with Crippen molar-refractivity contribution < 1.29 is 48.0 Å². The van der Waals surface area contributed by atoms with E-state index in [4.69, 9.17) is 23.7 Å². The Morgan fingerprint density at radius 3 is 1.36 bits per heavy atom. The van der Waals surface area contributed by atoms with Crippen molar-refractivity contribution in [1.29, 1.82) is 0 Å². The monoisotopic (exact) mass is 516 g/mol. The van der Waals surface area contributed by atoms with Crippen LogP contribution in [-0.4, -0.2) is 66.3 Å². The average molecular weight is 517 g/mol. The van der Waals surface area contributed by atoms with Crippen LogP contribution in [0.3, 0.4) is 0 Å². The molecule has 0 aromatic rings. The van der Waals surface area contributed by atoms with Gasteiger partial charge in [0.15, 0.2) is 6.10 Å². The first kappa shape index (κ1) is 31.8. The largest absolute Gasteiger partial charge is 0.462 e. The molecule has 1 aliphatic rings. The fourth-order valence-electron chi connectivity index (χ4n) is 2.64. The number of aliphatic hydroxyl groups is 1. The van der Waals surface area contributed by atoms with Crippen molar-refractivity contribution in [2.24, 2.45) is 21.7 Å². The molecular weight excluding hydrogens is 472 g/mol. The van der Waals surface area contributed by atoms with Crippen molar-refractivity contribution in [2.75, 3.05) is 6.61 Å². The van der Waals surface area contributed by atoms with Gasteiger partial charge in [0.2, 0.25) is 12.4 Å². The second-order valence-electron chi connectivity index (χ2n) is 13.3. The highest BCUT2D eigenvalue weighted by molar-refractivity contribution is 5.77. The standard InChI is InChI=1S/C26H44O10/c1-23(2,3)19(28)32-13-14-15(27)16(34-20(29)24(4,5)6)17(35-21(30)25(7,8)9)18(33-14)36-22(31)26(10,11)12/h14-18,27H,13H2,1-12H3/t14-,15-,16+,17+,18-/m1/s1. The van der Waals surface area contributed by atoms with E-state index in [-0.39, 0.29) is 0 Å². The highest BCUT2D eigenvalue weighted by Gasteiger charge is 2.53. The number of ether oxygens (including phenoxy) is 5. The number of hydrogen-bond acceptors (Lipinski definition) is 10. The predicted octanol–water partition coefficient (Wildman–Crippen LogP) is 3.17. The first-order chi connectivity index (χ1) is 16.0. The minimum Gasteiger partial charge on any atom is -0.462 e. The van der Waals surface area contributed by atoms with Gasteiger partial charge in [-0.05, 0) is 83.1 Å². The molecule has 0 bridgehead atoms.